The number of amides is 1. The largest absolute Gasteiger partial charge is 0.657 e. The SMILES string of the molecule is CCC1=C(C)C(C)=N/C1=C\c1[n-]c(/C=C2\[N-]C(=O)C(C)=C2CC)c(CC)c1CC.Oc1ccccc1-c1cccc(-c2ccccn2)n1.[Ir]. The van der Waals surface area contributed by atoms with Gasteiger partial charge in [0, 0.05) is 37.6 Å². The first-order valence-corrected chi connectivity index (χ1v) is 16.7. The summed E-state index contributed by atoms with van der Waals surface area (Å²) >= 11 is 0. The average molecular weight is 830 g/mol. The van der Waals surface area contributed by atoms with E-state index in [0.29, 0.717) is 0 Å². The number of hydrogen-bond donors (Lipinski definition) is 1. The van der Waals surface area contributed by atoms with Gasteiger partial charge >= 0.3 is 0 Å². The number of carbonyl (C=O) groups is 1. The number of aromatic hydroxyl groups is 1. The van der Waals surface area contributed by atoms with Crippen molar-refractivity contribution in [2.24, 2.45) is 4.99 Å². The first kappa shape index (κ1) is 37.2. The van der Waals surface area contributed by atoms with Gasteiger partial charge in [-0.1, -0.05) is 80.8 Å². The Bertz CT molecular complexity index is 2000. The molecule has 1 amide bonds. The molecule has 0 saturated carbocycles. The van der Waals surface area contributed by atoms with Crippen LogP contribution in [0.1, 0.15) is 83.8 Å². The molecule has 2 aliphatic heterocycles. The topological polar surface area (TPSA) is 104 Å². The number of benzene rings is 1. The van der Waals surface area contributed by atoms with E-state index in [9.17, 15) is 9.90 Å². The summed E-state index contributed by atoms with van der Waals surface area (Å²) in [5, 5.41) is 14.1. The van der Waals surface area contributed by atoms with Crippen LogP contribution in [0.5, 0.6) is 5.75 Å². The molecule has 1 aromatic carbocycles. The van der Waals surface area contributed by atoms with Crippen molar-refractivity contribution in [3.05, 3.63) is 128 Å². The van der Waals surface area contributed by atoms with Gasteiger partial charge in [-0.3, -0.25) is 9.98 Å². The fourth-order valence-electron chi connectivity index (χ4n) is 6.25. The Hall–Kier alpha value is -4.65. The molecule has 3 aromatic heterocycles. The zero-order chi connectivity index (χ0) is 34.4. The monoisotopic (exact) mass is 830 g/mol. The van der Waals surface area contributed by atoms with Gasteiger partial charge < -0.3 is 20.2 Å². The van der Waals surface area contributed by atoms with E-state index in [2.05, 4.69) is 62.9 Å². The predicted octanol–water partition coefficient (Wildman–Crippen LogP) is 9.81. The number of nitrogens with zero attached hydrogens (tertiary/aromatic N) is 5. The van der Waals surface area contributed by atoms with Crippen molar-refractivity contribution in [3.63, 3.8) is 0 Å². The van der Waals surface area contributed by atoms with Crippen LogP contribution in [0.2, 0.25) is 0 Å². The number of aliphatic imine (C=N–C) groups is 1. The number of para-hydroxylation sites is 1. The molecule has 0 saturated heterocycles. The molecule has 0 fully saturated rings. The molecule has 0 spiro atoms. The first-order chi connectivity index (χ1) is 23.2. The summed E-state index contributed by atoms with van der Waals surface area (Å²) < 4.78 is 0. The predicted molar refractivity (Wildman–Crippen MR) is 196 cm³/mol. The Kier molecular flexibility index (Phi) is 12.6. The second-order valence-corrected chi connectivity index (χ2v) is 11.8. The third-order valence-corrected chi connectivity index (χ3v) is 8.94. The van der Waals surface area contributed by atoms with Crippen molar-refractivity contribution >= 4 is 23.8 Å². The van der Waals surface area contributed by atoms with Crippen molar-refractivity contribution < 1.29 is 30.0 Å². The minimum Gasteiger partial charge on any atom is -0.657 e. The summed E-state index contributed by atoms with van der Waals surface area (Å²) in [6.45, 7) is 14.6. The molecule has 6 rings (SSSR count). The van der Waals surface area contributed by atoms with Crippen LogP contribution in [-0.4, -0.2) is 26.7 Å². The second kappa shape index (κ2) is 16.6. The number of allylic oxidation sites excluding steroid dienone is 3. The van der Waals surface area contributed by atoms with Crippen LogP contribution in [0.4, 0.5) is 0 Å². The Balaban J connectivity index is 0.000000234. The number of carbonyl (C=O) groups excluding carboxylic acids is 1. The van der Waals surface area contributed by atoms with Gasteiger partial charge in [0.05, 0.1) is 28.7 Å². The molecule has 4 aromatic rings. The maximum Gasteiger partial charge on any atom is 0.124 e. The van der Waals surface area contributed by atoms with Gasteiger partial charge in [0.25, 0.3) is 0 Å². The number of hydrogen-bond acceptors (Lipinski definition) is 5. The molecule has 0 unspecified atom stereocenters. The Morgan fingerprint density at radius 3 is 1.98 bits per heavy atom. The third-order valence-electron chi connectivity index (χ3n) is 8.94. The standard InChI is InChI=1S/C25H32N3O.C16H12N2O.Ir/c1-8-17-14(5)16(7)26-21(17)12-23-19(10-3)20(11-4)24(27-23)13-22-18(9-2)15(6)25(29)28-22;19-16-10-2-1-6-12(16)13-8-5-9-15(18-13)14-7-3-4-11-17-14;/h12-13H,8-11H2,1-7H3,(H-,26,27,28,29);1-11,19H;/q-1;;/p-1. The molecule has 2 aliphatic rings. The van der Waals surface area contributed by atoms with E-state index in [1.807, 2.05) is 61.5 Å². The molecular weight excluding hydrogens is 787 g/mol. The molecule has 1 radical (unpaired) electrons. The Morgan fingerprint density at radius 1 is 0.714 bits per heavy atom. The van der Waals surface area contributed by atoms with Gasteiger partial charge in [0.1, 0.15) is 5.75 Å². The number of pyridine rings is 2. The molecule has 0 aliphatic carbocycles. The number of phenols is 1. The van der Waals surface area contributed by atoms with Crippen molar-refractivity contribution in [3.8, 4) is 28.4 Å². The number of aromatic nitrogens is 3. The van der Waals surface area contributed by atoms with Crippen LogP contribution >= 0.6 is 0 Å². The van der Waals surface area contributed by atoms with Crippen molar-refractivity contribution in [2.75, 3.05) is 0 Å². The molecule has 0 atom stereocenters. The first-order valence-electron chi connectivity index (χ1n) is 16.7. The molecule has 49 heavy (non-hydrogen) atoms. The van der Waals surface area contributed by atoms with Gasteiger partial charge in [0.15, 0.2) is 0 Å². The summed E-state index contributed by atoms with van der Waals surface area (Å²) in [6, 6.07) is 18.6. The second-order valence-electron chi connectivity index (χ2n) is 11.8. The number of rotatable bonds is 8. The van der Waals surface area contributed by atoms with Crippen LogP contribution in [0.25, 0.3) is 40.1 Å². The van der Waals surface area contributed by atoms with Crippen molar-refractivity contribution in [1.82, 2.24) is 15.0 Å². The smallest absolute Gasteiger partial charge is 0.124 e. The van der Waals surface area contributed by atoms with E-state index in [-0.39, 0.29) is 31.8 Å². The molecule has 7 nitrogen and oxygen atoms in total. The fourth-order valence-corrected chi connectivity index (χ4v) is 6.25. The molecular formula is C41H43IrN5O2-2. The minimum atomic E-state index is -0.125. The normalized spacial score (nSPS) is 15.7. The third kappa shape index (κ3) is 7.98. The molecule has 8 heteroatoms. The fraction of sp³-hybridized carbons (Fsp3) is 0.268. The maximum absolute atomic E-state index is 12.1. The summed E-state index contributed by atoms with van der Waals surface area (Å²) in [5.74, 6) is 0.105. The quantitative estimate of drug-likeness (QED) is 0.191. The zero-order valence-electron chi connectivity index (χ0n) is 29.3. The van der Waals surface area contributed by atoms with E-state index in [1.54, 1.807) is 18.3 Å². The molecule has 255 valence electrons. The summed E-state index contributed by atoms with van der Waals surface area (Å²) in [5.41, 5.74) is 14.8. The average Bonchev–Trinajstić information content (AvgIpc) is 3.69. The van der Waals surface area contributed by atoms with E-state index < -0.39 is 0 Å². The van der Waals surface area contributed by atoms with E-state index in [1.165, 1.54) is 22.3 Å². The van der Waals surface area contributed by atoms with Crippen molar-refractivity contribution in [1.29, 1.82) is 0 Å². The Morgan fingerprint density at radius 2 is 1.35 bits per heavy atom. The maximum atomic E-state index is 12.1. The van der Waals surface area contributed by atoms with Crippen LogP contribution in [0.3, 0.4) is 0 Å². The van der Waals surface area contributed by atoms with Crippen LogP contribution in [0, 0.1) is 0 Å². The van der Waals surface area contributed by atoms with Gasteiger partial charge in [-0.05, 0) is 99.6 Å². The minimum absolute atomic E-state index is 0. The summed E-state index contributed by atoms with van der Waals surface area (Å²) in [6.07, 6.45) is 9.44. The number of phenolic OH excluding ortho intramolecular Hbond substituents is 1. The van der Waals surface area contributed by atoms with Gasteiger partial charge in [-0.25, -0.2) is 4.98 Å². The van der Waals surface area contributed by atoms with Gasteiger partial charge in [0.2, 0.25) is 0 Å². The van der Waals surface area contributed by atoms with Gasteiger partial charge in [-0.2, -0.15) is 0 Å². The zero-order valence-corrected chi connectivity index (χ0v) is 31.7. The van der Waals surface area contributed by atoms with Gasteiger partial charge in [-0.15, -0.1) is 17.1 Å². The van der Waals surface area contributed by atoms with Crippen LogP contribution in [-0.2, 0) is 37.7 Å². The van der Waals surface area contributed by atoms with E-state index >= 15 is 0 Å². The van der Waals surface area contributed by atoms with Crippen LogP contribution in [0.15, 0.2) is 106 Å². The van der Waals surface area contributed by atoms with Crippen LogP contribution < -0.4 is 4.98 Å². The summed E-state index contributed by atoms with van der Waals surface area (Å²) in [7, 11) is 0. The Labute approximate surface area is 303 Å². The van der Waals surface area contributed by atoms with E-state index in [0.717, 1.165) is 88.0 Å². The molecule has 0 bridgehead atoms. The van der Waals surface area contributed by atoms with E-state index in [4.69, 9.17) is 9.98 Å². The van der Waals surface area contributed by atoms with Crippen molar-refractivity contribution in [2.45, 2.75) is 74.1 Å². The molecule has 1 N–H and O–H groups in total. The summed E-state index contributed by atoms with van der Waals surface area (Å²) in [4.78, 5) is 30.7. The molecule has 5 heterocycles.